The smallest absolute Gasteiger partial charge is 0.128 e. The number of halogens is 3. The summed E-state index contributed by atoms with van der Waals surface area (Å²) >= 11 is 3.24. The fourth-order valence-electron chi connectivity index (χ4n) is 0.897. The fourth-order valence-corrected chi connectivity index (χ4v) is 1.28. The van der Waals surface area contributed by atoms with Crippen molar-refractivity contribution in [2.75, 3.05) is 0 Å². The zero-order valence-electron chi connectivity index (χ0n) is 6.84. The van der Waals surface area contributed by atoms with E-state index in [2.05, 4.69) is 22.5 Å². The van der Waals surface area contributed by atoms with Crippen molar-refractivity contribution in [3.8, 4) is 0 Å². The minimum atomic E-state index is -0.442. The predicted octanol–water partition coefficient (Wildman–Crippen LogP) is 3.20. The molecular weight excluding hydrogens is 256 g/mol. The van der Waals surface area contributed by atoms with Crippen LogP contribution in [0.5, 0.6) is 0 Å². The van der Waals surface area contributed by atoms with Gasteiger partial charge in [0, 0.05) is 10.0 Å². The molecule has 1 aromatic rings. The van der Waals surface area contributed by atoms with E-state index in [1.165, 1.54) is 12.1 Å². The molecule has 0 aromatic heterocycles. The lowest BCUT2D eigenvalue weighted by molar-refractivity contribution is 0.602. The van der Waals surface area contributed by atoms with Gasteiger partial charge in [0.1, 0.15) is 5.82 Å². The summed E-state index contributed by atoms with van der Waals surface area (Å²) in [6, 6.07) is 4.22. The zero-order valence-corrected chi connectivity index (χ0v) is 9.24. The number of nitrogens with two attached hydrogens (primary N) is 1. The van der Waals surface area contributed by atoms with E-state index in [1.807, 2.05) is 0 Å². The standard InChI is InChI=1S/C9H9BrFN.ClH/c1-2-9(12)7-5-6(10)3-4-8(7)11;/h2-5,9H,1,12H2;1H/t9-;/m1./s1. The minimum Gasteiger partial charge on any atom is -0.321 e. The second-order valence-corrected chi connectivity index (χ2v) is 3.34. The van der Waals surface area contributed by atoms with Crippen LogP contribution in [0.25, 0.3) is 0 Å². The number of hydrogen-bond acceptors (Lipinski definition) is 1. The van der Waals surface area contributed by atoms with Gasteiger partial charge in [-0.3, -0.25) is 0 Å². The van der Waals surface area contributed by atoms with Gasteiger partial charge in [-0.1, -0.05) is 22.0 Å². The van der Waals surface area contributed by atoms with Crippen LogP contribution in [0.4, 0.5) is 4.39 Å². The molecule has 0 radical (unpaired) electrons. The first-order valence-electron chi connectivity index (χ1n) is 3.48. The van der Waals surface area contributed by atoms with E-state index in [-0.39, 0.29) is 18.2 Å². The van der Waals surface area contributed by atoms with Gasteiger partial charge in [-0.25, -0.2) is 4.39 Å². The van der Waals surface area contributed by atoms with Crippen LogP contribution in [0, 0.1) is 5.82 Å². The maximum absolute atomic E-state index is 13.1. The largest absolute Gasteiger partial charge is 0.321 e. The second kappa shape index (κ2) is 5.37. The van der Waals surface area contributed by atoms with Gasteiger partial charge >= 0.3 is 0 Å². The van der Waals surface area contributed by atoms with E-state index in [4.69, 9.17) is 5.73 Å². The molecule has 2 N–H and O–H groups in total. The second-order valence-electron chi connectivity index (χ2n) is 2.43. The molecule has 0 unspecified atom stereocenters. The molecular formula is C9H10BrClFN. The molecule has 0 saturated carbocycles. The average molecular weight is 267 g/mol. The Hall–Kier alpha value is -0.380. The molecule has 0 aliphatic heterocycles. The quantitative estimate of drug-likeness (QED) is 0.818. The van der Waals surface area contributed by atoms with Crippen molar-refractivity contribution in [1.29, 1.82) is 0 Å². The molecule has 1 nitrogen and oxygen atoms in total. The molecule has 0 aliphatic rings. The maximum atomic E-state index is 13.1. The third-order valence-corrected chi connectivity index (χ3v) is 2.06. The third-order valence-electron chi connectivity index (χ3n) is 1.57. The molecule has 1 atom stereocenters. The zero-order chi connectivity index (χ0) is 9.14. The first-order valence-corrected chi connectivity index (χ1v) is 4.27. The Morgan fingerprint density at radius 3 is 2.69 bits per heavy atom. The number of benzene rings is 1. The van der Waals surface area contributed by atoms with Crippen LogP contribution in [0.15, 0.2) is 35.3 Å². The van der Waals surface area contributed by atoms with Crippen LogP contribution < -0.4 is 5.73 Å². The highest BCUT2D eigenvalue weighted by Crippen LogP contribution is 2.20. The van der Waals surface area contributed by atoms with Crippen LogP contribution in [0.1, 0.15) is 11.6 Å². The van der Waals surface area contributed by atoms with E-state index in [0.29, 0.717) is 5.56 Å². The van der Waals surface area contributed by atoms with Gasteiger partial charge in [0.15, 0.2) is 0 Å². The maximum Gasteiger partial charge on any atom is 0.128 e. The summed E-state index contributed by atoms with van der Waals surface area (Å²) in [5, 5.41) is 0. The summed E-state index contributed by atoms with van der Waals surface area (Å²) in [7, 11) is 0. The van der Waals surface area contributed by atoms with Gasteiger partial charge in [0.05, 0.1) is 6.04 Å². The SMILES string of the molecule is C=C[C@@H](N)c1cc(Br)ccc1F.Cl. The van der Waals surface area contributed by atoms with Crippen molar-refractivity contribution in [3.63, 3.8) is 0 Å². The Kier molecular flexibility index (Phi) is 5.21. The van der Waals surface area contributed by atoms with Crippen molar-refractivity contribution < 1.29 is 4.39 Å². The van der Waals surface area contributed by atoms with Crippen molar-refractivity contribution in [2.45, 2.75) is 6.04 Å². The average Bonchev–Trinajstić information content (AvgIpc) is 2.08. The van der Waals surface area contributed by atoms with Gasteiger partial charge in [-0.15, -0.1) is 19.0 Å². The molecule has 0 fully saturated rings. The van der Waals surface area contributed by atoms with Gasteiger partial charge in [0.25, 0.3) is 0 Å². The lowest BCUT2D eigenvalue weighted by Gasteiger charge is -2.07. The van der Waals surface area contributed by atoms with Gasteiger partial charge < -0.3 is 5.73 Å². The molecule has 1 aromatic carbocycles. The molecule has 0 aliphatic carbocycles. The van der Waals surface area contributed by atoms with Crippen molar-refractivity contribution in [1.82, 2.24) is 0 Å². The molecule has 0 bridgehead atoms. The minimum absolute atomic E-state index is 0. The molecule has 0 amide bonds. The Bertz CT molecular complexity index is 304. The molecule has 1 rings (SSSR count). The first kappa shape index (κ1) is 12.6. The van der Waals surface area contributed by atoms with E-state index >= 15 is 0 Å². The molecule has 0 spiro atoms. The summed E-state index contributed by atoms with van der Waals surface area (Å²) in [5.74, 6) is -0.300. The van der Waals surface area contributed by atoms with Crippen LogP contribution in [-0.2, 0) is 0 Å². The normalized spacial score (nSPS) is 11.6. The molecule has 72 valence electrons. The van der Waals surface area contributed by atoms with Crippen LogP contribution in [0.2, 0.25) is 0 Å². The number of rotatable bonds is 2. The van der Waals surface area contributed by atoms with Crippen molar-refractivity contribution in [3.05, 3.63) is 46.7 Å². The summed E-state index contributed by atoms with van der Waals surface area (Å²) in [6.07, 6.45) is 1.50. The van der Waals surface area contributed by atoms with E-state index in [0.717, 1.165) is 4.47 Å². The monoisotopic (exact) mass is 265 g/mol. The Morgan fingerprint density at radius 1 is 1.54 bits per heavy atom. The fraction of sp³-hybridized carbons (Fsp3) is 0.111. The third kappa shape index (κ3) is 3.10. The highest BCUT2D eigenvalue weighted by Gasteiger charge is 2.07. The lowest BCUT2D eigenvalue weighted by atomic mass is 10.1. The van der Waals surface area contributed by atoms with Crippen LogP contribution in [0.3, 0.4) is 0 Å². The summed E-state index contributed by atoms with van der Waals surface area (Å²) < 4.78 is 13.9. The summed E-state index contributed by atoms with van der Waals surface area (Å²) in [4.78, 5) is 0. The summed E-state index contributed by atoms with van der Waals surface area (Å²) in [5.41, 5.74) is 6.04. The Balaban J connectivity index is 0.00000144. The highest BCUT2D eigenvalue weighted by atomic mass is 79.9. The predicted molar refractivity (Wildman–Crippen MR) is 58.5 cm³/mol. The molecule has 0 heterocycles. The topological polar surface area (TPSA) is 26.0 Å². The van der Waals surface area contributed by atoms with Gasteiger partial charge in [-0.05, 0) is 18.2 Å². The van der Waals surface area contributed by atoms with Gasteiger partial charge in [0.2, 0.25) is 0 Å². The van der Waals surface area contributed by atoms with E-state index in [1.54, 1.807) is 12.1 Å². The first-order chi connectivity index (χ1) is 5.65. The van der Waals surface area contributed by atoms with Crippen molar-refractivity contribution >= 4 is 28.3 Å². The number of hydrogen-bond donors (Lipinski definition) is 1. The molecule has 0 saturated heterocycles. The summed E-state index contributed by atoms with van der Waals surface area (Å²) in [6.45, 7) is 3.50. The Morgan fingerprint density at radius 2 is 2.15 bits per heavy atom. The van der Waals surface area contributed by atoms with Crippen LogP contribution >= 0.6 is 28.3 Å². The van der Waals surface area contributed by atoms with E-state index < -0.39 is 6.04 Å². The Labute approximate surface area is 91.4 Å². The lowest BCUT2D eigenvalue weighted by Crippen LogP contribution is -2.08. The van der Waals surface area contributed by atoms with Gasteiger partial charge in [-0.2, -0.15) is 0 Å². The molecule has 4 heteroatoms. The van der Waals surface area contributed by atoms with Crippen LogP contribution in [-0.4, -0.2) is 0 Å². The van der Waals surface area contributed by atoms with Crippen molar-refractivity contribution in [2.24, 2.45) is 5.73 Å². The van der Waals surface area contributed by atoms with E-state index in [9.17, 15) is 4.39 Å². The molecule has 13 heavy (non-hydrogen) atoms. The highest BCUT2D eigenvalue weighted by molar-refractivity contribution is 9.10.